The van der Waals surface area contributed by atoms with Crippen molar-refractivity contribution in [3.8, 4) is 0 Å². The lowest BCUT2D eigenvalue weighted by Gasteiger charge is -2.22. The minimum absolute atomic E-state index is 0.00289. The monoisotopic (exact) mass is 906 g/mol. The number of aliphatic hydroxyl groups excluding tert-OH is 2. The van der Waals surface area contributed by atoms with Gasteiger partial charge in [0.25, 0.3) is 0 Å². The number of ether oxygens (including phenoxy) is 1. The Morgan fingerprint density at radius 2 is 0.641 bits per heavy atom. The summed E-state index contributed by atoms with van der Waals surface area (Å²) in [6, 6.07) is -0.548. The zero-order valence-corrected chi connectivity index (χ0v) is 43.5. The highest BCUT2D eigenvalue weighted by Crippen LogP contribution is 2.18. The third-order valence-electron chi connectivity index (χ3n) is 13.9. The molecule has 0 rings (SSSR count). The maximum Gasteiger partial charge on any atom is 0.305 e. The highest BCUT2D eigenvalue weighted by molar-refractivity contribution is 5.76. The molecular weight excluding hydrogens is 791 g/mol. The van der Waals surface area contributed by atoms with Crippen LogP contribution in [0.25, 0.3) is 0 Å². The van der Waals surface area contributed by atoms with Crippen LogP contribution in [0.1, 0.15) is 335 Å². The van der Waals surface area contributed by atoms with Crippen LogP contribution in [0.3, 0.4) is 0 Å². The summed E-state index contributed by atoms with van der Waals surface area (Å²) >= 11 is 0. The van der Waals surface area contributed by atoms with Gasteiger partial charge in [-0.2, -0.15) is 0 Å². The van der Waals surface area contributed by atoms with Crippen LogP contribution in [0.15, 0.2) is 0 Å². The average molecular weight is 907 g/mol. The number of rotatable bonds is 55. The predicted octanol–water partition coefficient (Wildman–Crippen LogP) is 17.9. The second-order valence-electron chi connectivity index (χ2n) is 20.3. The van der Waals surface area contributed by atoms with Crippen molar-refractivity contribution in [2.75, 3.05) is 13.2 Å². The van der Waals surface area contributed by atoms with Crippen molar-refractivity contribution in [1.29, 1.82) is 0 Å². The van der Waals surface area contributed by atoms with Gasteiger partial charge in [0.15, 0.2) is 0 Å². The van der Waals surface area contributed by atoms with Crippen LogP contribution in [0.4, 0.5) is 0 Å². The molecule has 2 unspecified atom stereocenters. The van der Waals surface area contributed by atoms with Gasteiger partial charge in [-0.1, -0.05) is 296 Å². The number of carbonyl (C=O) groups excluding carboxylic acids is 2. The molecule has 0 saturated heterocycles. The van der Waals surface area contributed by atoms with Gasteiger partial charge >= 0.3 is 5.97 Å². The number of amides is 1. The zero-order valence-electron chi connectivity index (χ0n) is 43.5. The highest BCUT2D eigenvalue weighted by Gasteiger charge is 2.20. The number of nitrogens with one attached hydrogen (secondary N) is 1. The molecule has 0 aliphatic carbocycles. The van der Waals surface area contributed by atoms with E-state index in [2.05, 4.69) is 19.2 Å². The Balaban J connectivity index is 3.41. The van der Waals surface area contributed by atoms with Crippen LogP contribution in [0, 0.1) is 0 Å². The molecule has 2 atom stereocenters. The number of hydrogen-bond donors (Lipinski definition) is 3. The molecule has 64 heavy (non-hydrogen) atoms. The first-order chi connectivity index (χ1) is 31.5. The Labute approximate surface area is 400 Å². The molecule has 0 heterocycles. The Hall–Kier alpha value is -1.14. The van der Waals surface area contributed by atoms with E-state index in [9.17, 15) is 19.8 Å². The molecular formula is C58H115NO5. The van der Waals surface area contributed by atoms with Gasteiger partial charge in [-0.05, 0) is 25.7 Å². The standard InChI is InChI=1S/C58H115NO5/c1-3-5-7-9-11-13-15-17-19-21-23-28-32-36-40-44-48-52-58(63)64-53-49-45-41-37-33-29-25-24-27-31-35-39-43-47-51-57(62)59-55(54-60)56(61)50-46-42-38-34-30-26-22-20-18-16-14-12-10-8-6-4-2/h55-56,60-61H,3-54H2,1-2H3,(H,59,62). The second-order valence-corrected chi connectivity index (χ2v) is 20.3. The van der Waals surface area contributed by atoms with Crippen molar-refractivity contribution in [3.63, 3.8) is 0 Å². The van der Waals surface area contributed by atoms with E-state index in [0.717, 1.165) is 51.4 Å². The Morgan fingerprint density at radius 3 is 0.953 bits per heavy atom. The van der Waals surface area contributed by atoms with Gasteiger partial charge < -0.3 is 20.3 Å². The van der Waals surface area contributed by atoms with Gasteiger partial charge in [0.1, 0.15) is 0 Å². The molecule has 0 aromatic carbocycles. The summed E-state index contributed by atoms with van der Waals surface area (Å²) in [5.41, 5.74) is 0. The zero-order chi connectivity index (χ0) is 46.5. The fourth-order valence-electron chi connectivity index (χ4n) is 9.41. The van der Waals surface area contributed by atoms with E-state index >= 15 is 0 Å². The molecule has 0 aliphatic rings. The Kier molecular flexibility index (Phi) is 53.5. The summed E-state index contributed by atoms with van der Waals surface area (Å²) in [7, 11) is 0. The molecule has 0 fully saturated rings. The minimum Gasteiger partial charge on any atom is -0.466 e. The van der Waals surface area contributed by atoms with E-state index in [4.69, 9.17) is 4.74 Å². The average Bonchev–Trinajstić information content (AvgIpc) is 3.29. The van der Waals surface area contributed by atoms with Crippen LogP contribution in [-0.2, 0) is 14.3 Å². The molecule has 0 aromatic rings. The van der Waals surface area contributed by atoms with Gasteiger partial charge in [0.2, 0.25) is 5.91 Å². The number of unbranched alkanes of at least 4 members (excludes halogenated alkanes) is 44. The maximum absolute atomic E-state index is 12.5. The number of carbonyl (C=O) groups is 2. The molecule has 0 radical (unpaired) electrons. The van der Waals surface area contributed by atoms with E-state index in [-0.39, 0.29) is 18.5 Å². The van der Waals surface area contributed by atoms with Gasteiger partial charge in [0, 0.05) is 12.8 Å². The Bertz CT molecular complexity index is 913. The summed E-state index contributed by atoms with van der Waals surface area (Å²) in [6.07, 6.45) is 62.3. The van der Waals surface area contributed by atoms with E-state index in [1.165, 1.54) is 250 Å². The van der Waals surface area contributed by atoms with Crippen LogP contribution in [0.2, 0.25) is 0 Å². The minimum atomic E-state index is -0.670. The molecule has 1 amide bonds. The third-order valence-corrected chi connectivity index (χ3v) is 13.9. The number of esters is 1. The smallest absolute Gasteiger partial charge is 0.305 e. The molecule has 0 spiro atoms. The van der Waals surface area contributed by atoms with Gasteiger partial charge in [-0.3, -0.25) is 9.59 Å². The van der Waals surface area contributed by atoms with Crippen molar-refractivity contribution in [2.45, 2.75) is 347 Å². The van der Waals surface area contributed by atoms with Crippen molar-refractivity contribution in [1.82, 2.24) is 5.32 Å². The molecule has 0 saturated carbocycles. The van der Waals surface area contributed by atoms with E-state index in [1.807, 2.05) is 0 Å². The summed E-state index contributed by atoms with van der Waals surface area (Å²) in [6.45, 7) is 4.96. The summed E-state index contributed by atoms with van der Waals surface area (Å²) in [4.78, 5) is 24.6. The first-order valence-corrected chi connectivity index (χ1v) is 29.3. The fraction of sp³-hybridized carbons (Fsp3) is 0.966. The van der Waals surface area contributed by atoms with Crippen LogP contribution in [0.5, 0.6) is 0 Å². The highest BCUT2D eigenvalue weighted by atomic mass is 16.5. The molecule has 3 N–H and O–H groups in total. The third kappa shape index (κ3) is 50.3. The van der Waals surface area contributed by atoms with Crippen molar-refractivity contribution >= 4 is 11.9 Å². The quantitative estimate of drug-likeness (QED) is 0.0417. The fourth-order valence-corrected chi connectivity index (χ4v) is 9.41. The summed E-state index contributed by atoms with van der Waals surface area (Å²) in [5.74, 6) is -0.0392. The lowest BCUT2D eigenvalue weighted by atomic mass is 10.0. The maximum atomic E-state index is 12.5. The Morgan fingerprint density at radius 1 is 0.375 bits per heavy atom. The van der Waals surface area contributed by atoms with E-state index in [1.54, 1.807) is 0 Å². The van der Waals surface area contributed by atoms with Crippen LogP contribution in [-0.4, -0.2) is 47.4 Å². The number of aliphatic hydroxyl groups is 2. The lowest BCUT2D eigenvalue weighted by molar-refractivity contribution is -0.143. The van der Waals surface area contributed by atoms with Crippen LogP contribution >= 0.6 is 0 Å². The molecule has 0 aliphatic heterocycles. The van der Waals surface area contributed by atoms with E-state index < -0.39 is 12.1 Å². The first-order valence-electron chi connectivity index (χ1n) is 29.3. The van der Waals surface area contributed by atoms with Crippen molar-refractivity contribution < 1.29 is 24.5 Å². The summed E-state index contributed by atoms with van der Waals surface area (Å²) < 4.78 is 5.49. The van der Waals surface area contributed by atoms with Gasteiger partial charge in [-0.25, -0.2) is 0 Å². The molecule has 6 nitrogen and oxygen atoms in total. The first kappa shape index (κ1) is 62.9. The number of hydrogen-bond acceptors (Lipinski definition) is 5. The SMILES string of the molecule is CCCCCCCCCCCCCCCCCCCC(=O)OCCCCCCCCCCCCCCCCC(=O)NC(CO)C(O)CCCCCCCCCCCCCCCCCC. The topological polar surface area (TPSA) is 95.9 Å². The second kappa shape index (κ2) is 54.5. The normalized spacial score (nSPS) is 12.5. The van der Waals surface area contributed by atoms with Gasteiger partial charge in [-0.15, -0.1) is 0 Å². The predicted molar refractivity (Wildman–Crippen MR) is 278 cm³/mol. The van der Waals surface area contributed by atoms with Crippen molar-refractivity contribution in [3.05, 3.63) is 0 Å². The van der Waals surface area contributed by atoms with Crippen molar-refractivity contribution in [2.24, 2.45) is 0 Å². The molecule has 382 valence electrons. The molecule has 6 heteroatoms. The lowest BCUT2D eigenvalue weighted by Crippen LogP contribution is -2.45. The van der Waals surface area contributed by atoms with E-state index in [0.29, 0.717) is 25.9 Å². The summed E-state index contributed by atoms with van der Waals surface area (Å²) in [5, 5.41) is 23.3. The van der Waals surface area contributed by atoms with Gasteiger partial charge in [0.05, 0.1) is 25.4 Å². The largest absolute Gasteiger partial charge is 0.466 e. The molecule has 0 aromatic heterocycles. The van der Waals surface area contributed by atoms with Crippen LogP contribution < -0.4 is 5.32 Å². The molecule has 0 bridgehead atoms.